The minimum absolute atomic E-state index is 0.0946. The van der Waals surface area contributed by atoms with Crippen molar-refractivity contribution in [1.29, 1.82) is 0 Å². The van der Waals surface area contributed by atoms with Gasteiger partial charge in [0.25, 0.3) is 0 Å². The van der Waals surface area contributed by atoms with Crippen molar-refractivity contribution in [2.75, 3.05) is 16.3 Å². The van der Waals surface area contributed by atoms with Crippen LogP contribution in [-0.2, 0) is 5.41 Å². The topological polar surface area (TPSA) is 6.48 Å². The van der Waals surface area contributed by atoms with E-state index in [1.54, 1.807) is 0 Å². The monoisotopic (exact) mass is 709 g/mol. The van der Waals surface area contributed by atoms with Gasteiger partial charge in [-0.1, -0.05) is 151 Å². The molecule has 282 valence electrons. The molecule has 0 aliphatic heterocycles. The SMILES string of the molecule is C/C=C(\CCCC(C)(C)C)N(/C(C/C(=C\C=C(/C)C(C)C)CN(c1ccc(C)cc1)c1ccc(C(C)(C)C)cc1)=C1\C=CC=CC1)c1ccc(C)cc1. The van der Waals surface area contributed by atoms with E-state index < -0.39 is 0 Å². The molecule has 0 spiro atoms. The molecule has 1 aliphatic carbocycles. The lowest BCUT2D eigenvalue weighted by Gasteiger charge is -2.35. The third-order valence-electron chi connectivity index (χ3n) is 10.4. The molecule has 0 amide bonds. The van der Waals surface area contributed by atoms with Gasteiger partial charge in [-0.2, -0.15) is 0 Å². The van der Waals surface area contributed by atoms with Gasteiger partial charge in [0.1, 0.15) is 0 Å². The lowest BCUT2D eigenvalue weighted by atomic mass is 9.87. The van der Waals surface area contributed by atoms with E-state index in [0.29, 0.717) is 11.3 Å². The maximum absolute atomic E-state index is 2.60. The Hall–Kier alpha value is -4.30. The van der Waals surface area contributed by atoms with Gasteiger partial charge in [-0.3, -0.25) is 0 Å². The Labute approximate surface area is 324 Å². The van der Waals surface area contributed by atoms with Crippen LogP contribution in [0.4, 0.5) is 17.1 Å². The molecule has 0 saturated carbocycles. The Kier molecular flexibility index (Phi) is 14.6. The highest BCUT2D eigenvalue weighted by molar-refractivity contribution is 5.66. The van der Waals surface area contributed by atoms with Crippen LogP contribution in [0.5, 0.6) is 0 Å². The van der Waals surface area contributed by atoms with E-state index in [9.17, 15) is 0 Å². The van der Waals surface area contributed by atoms with E-state index in [2.05, 4.69) is 208 Å². The van der Waals surface area contributed by atoms with E-state index >= 15 is 0 Å². The Morgan fingerprint density at radius 2 is 1.32 bits per heavy atom. The maximum atomic E-state index is 2.60. The van der Waals surface area contributed by atoms with E-state index in [0.717, 1.165) is 32.2 Å². The summed E-state index contributed by atoms with van der Waals surface area (Å²) >= 11 is 0. The zero-order valence-electron chi connectivity index (χ0n) is 35.2. The summed E-state index contributed by atoms with van der Waals surface area (Å²) in [4.78, 5) is 5.10. The van der Waals surface area contributed by atoms with Crippen molar-refractivity contribution < 1.29 is 0 Å². The van der Waals surface area contributed by atoms with Crippen LogP contribution in [0, 0.1) is 25.2 Å². The van der Waals surface area contributed by atoms with Gasteiger partial charge in [0.05, 0.1) is 0 Å². The van der Waals surface area contributed by atoms with Gasteiger partial charge in [0.15, 0.2) is 0 Å². The summed E-state index contributed by atoms with van der Waals surface area (Å²) in [5, 5.41) is 0. The second-order valence-corrected chi connectivity index (χ2v) is 17.6. The Morgan fingerprint density at radius 1 is 0.755 bits per heavy atom. The van der Waals surface area contributed by atoms with Crippen molar-refractivity contribution in [3.8, 4) is 0 Å². The van der Waals surface area contributed by atoms with Gasteiger partial charge in [0.2, 0.25) is 0 Å². The fourth-order valence-corrected chi connectivity index (χ4v) is 6.66. The average Bonchev–Trinajstić information content (AvgIpc) is 3.12. The van der Waals surface area contributed by atoms with Crippen LogP contribution in [0.2, 0.25) is 0 Å². The highest BCUT2D eigenvalue weighted by Gasteiger charge is 2.24. The summed E-state index contributed by atoms with van der Waals surface area (Å²) in [5.41, 5.74) is 14.8. The quantitative estimate of drug-likeness (QED) is 0.154. The number of allylic oxidation sites excluding steroid dienone is 11. The second-order valence-electron chi connectivity index (χ2n) is 17.6. The molecule has 0 aromatic heterocycles. The third kappa shape index (κ3) is 12.4. The van der Waals surface area contributed by atoms with Gasteiger partial charge < -0.3 is 9.80 Å². The normalized spacial score (nSPS) is 15.3. The summed E-state index contributed by atoms with van der Waals surface area (Å²) < 4.78 is 0. The number of aryl methyl sites for hydroxylation is 2. The number of anilines is 3. The molecule has 3 aromatic rings. The molecule has 0 saturated heterocycles. The van der Waals surface area contributed by atoms with E-state index in [4.69, 9.17) is 0 Å². The van der Waals surface area contributed by atoms with E-state index in [1.807, 2.05) is 0 Å². The first-order chi connectivity index (χ1) is 25.1. The van der Waals surface area contributed by atoms with Crippen molar-refractivity contribution in [3.05, 3.63) is 160 Å². The van der Waals surface area contributed by atoms with Crippen LogP contribution < -0.4 is 9.80 Å². The molecule has 0 N–H and O–H groups in total. The van der Waals surface area contributed by atoms with Crippen molar-refractivity contribution in [2.45, 2.75) is 121 Å². The van der Waals surface area contributed by atoms with Gasteiger partial charge in [-0.05, 0) is 123 Å². The van der Waals surface area contributed by atoms with Crippen molar-refractivity contribution in [1.82, 2.24) is 0 Å². The number of hydrogen-bond acceptors (Lipinski definition) is 2. The van der Waals surface area contributed by atoms with Crippen LogP contribution in [0.1, 0.15) is 118 Å². The van der Waals surface area contributed by atoms with Gasteiger partial charge in [-0.25, -0.2) is 0 Å². The Balaban J connectivity index is 1.90. The predicted molar refractivity (Wildman–Crippen MR) is 235 cm³/mol. The van der Waals surface area contributed by atoms with Crippen molar-refractivity contribution in [2.24, 2.45) is 11.3 Å². The zero-order chi connectivity index (χ0) is 38.8. The molecule has 53 heavy (non-hydrogen) atoms. The highest BCUT2D eigenvalue weighted by Crippen LogP contribution is 2.37. The van der Waals surface area contributed by atoms with Crippen LogP contribution in [0.15, 0.2) is 143 Å². The number of benzene rings is 3. The number of rotatable bonds is 14. The molecule has 2 nitrogen and oxygen atoms in total. The summed E-state index contributed by atoms with van der Waals surface area (Å²) in [5.74, 6) is 0.483. The van der Waals surface area contributed by atoms with Crippen LogP contribution in [0.3, 0.4) is 0 Å². The average molecular weight is 709 g/mol. The molecule has 0 radical (unpaired) electrons. The lowest BCUT2D eigenvalue weighted by molar-refractivity contribution is 0.365. The first-order valence-corrected chi connectivity index (χ1v) is 19.9. The summed E-state index contributed by atoms with van der Waals surface area (Å²) in [6, 6.07) is 27.4. The van der Waals surface area contributed by atoms with Gasteiger partial charge in [-0.15, -0.1) is 0 Å². The molecule has 0 bridgehead atoms. The van der Waals surface area contributed by atoms with Crippen molar-refractivity contribution >= 4 is 17.1 Å². The smallest absolute Gasteiger partial charge is 0.0455 e. The summed E-state index contributed by atoms with van der Waals surface area (Å²) in [6.45, 7) is 28.1. The summed E-state index contributed by atoms with van der Waals surface area (Å²) in [6.07, 6.45) is 21.3. The molecule has 0 heterocycles. The third-order valence-corrected chi connectivity index (χ3v) is 10.4. The van der Waals surface area contributed by atoms with Crippen LogP contribution >= 0.6 is 0 Å². The minimum atomic E-state index is 0.0946. The fraction of sp³-hybridized carbons (Fsp3) is 0.412. The van der Waals surface area contributed by atoms with E-state index in [-0.39, 0.29) is 5.41 Å². The lowest BCUT2D eigenvalue weighted by Crippen LogP contribution is -2.27. The molecule has 0 unspecified atom stereocenters. The molecule has 4 rings (SSSR count). The molecule has 0 fully saturated rings. The maximum Gasteiger partial charge on any atom is 0.0455 e. The molecule has 1 aliphatic rings. The largest absolute Gasteiger partial charge is 0.337 e. The molecular formula is C51H68N2. The first-order valence-electron chi connectivity index (χ1n) is 19.9. The Bertz CT molecular complexity index is 1810. The van der Waals surface area contributed by atoms with Crippen molar-refractivity contribution in [3.63, 3.8) is 0 Å². The molecular weight excluding hydrogens is 641 g/mol. The minimum Gasteiger partial charge on any atom is -0.337 e. The first kappa shape index (κ1) is 41.5. The fourth-order valence-electron chi connectivity index (χ4n) is 6.66. The van der Waals surface area contributed by atoms with E-state index in [1.165, 1.54) is 68.3 Å². The molecule has 0 atom stereocenters. The zero-order valence-corrected chi connectivity index (χ0v) is 35.2. The standard InChI is InChI=1S/C51H68N2/c1-13-45(20-17-35-50(7,8)9)53(48-31-23-40(5)24-32-48)49(43-18-15-14-16-19-43)36-42(26-25-41(6)38(2)3)37-52(46-29-21-39(4)22-30-46)47-33-27-44(28-34-47)51(10,11)12/h13-16,18,21-34,38H,17,19-20,35-37H2,1-12H3/b41-25+,42-26+,45-13+,49-43+. The van der Waals surface area contributed by atoms with Crippen LogP contribution in [-0.4, -0.2) is 6.54 Å². The van der Waals surface area contributed by atoms with Gasteiger partial charge >= 0.3 is 0 Å². The highest BCUT2D eigenvalue weighted by atomic mass is 15.2. The molecule has 3 aromatic carbocycles. The number of hydrogen-bond donors (Lipinski definition) is 0. The summed E-state index contributed by atoms with van der Waals surface area (Å²) in [7, 11) is 0. The van der Waals surface area contributed by atoms with Gasteiger partial charge in [0, 0.05) is 41.4 Å². The Morgan fingerprint density at radius 3 is 1.81 bits per heavy atom. The van der Waals surface area contributed by atoms with Crippen LogP contribution in [0.25, 0.3) is 0 Å². The number of nitrogens with zero attached hydrogens (tertiary/aromatic N) is 2. The second kappa shape index (κ2) is 18.6. The predicted octanol–water partition coefficient (Wildman–Crippen LogP) is 15.1. The molecule has 2 heteroatoms.